The van der Waals surface area contributed by atoms with E-state index in [9.17, 15) is 13.6 Å². The molecule has 0 fully saturated rings. The third-order valence-electron chi connectivity index (χ3n) is 2.34. The molecule has 100 valence electrons. The molecule has 0 N–H and O–H groups in total. The number of thiazole rings is 1. The average Bonchev–Trinajstić information content (AvgIpc) is 2.77. The minimum Gasteiger partial charge on any atom is -0.466 e. The monoisotopic (exact) mass is 283 g/mol. The van der Waals surface area contributed by atoms with E-state index in [1.54, 1.807) is 12.3 Å². The van der Waals surface area contributed by atoms with E-state index in [-0.39, 0.29) is 18.0 Å². The molecule has 19 heavy (non-hydrogen) atoms. The maximum atomic E-state index is 13.6. The standard InChI is InChI=1S/C13H11F2NO2S/c1-2-18-12(17)6-9-7-19-13(16-9)10-4-3-8(14)5-11(10)15/h3-5,7H,2,6H2,1H3. The van der Waals surface area contributed by atoms with Crippen molar-refractivity contribution in [2.75, 3.05) is 6.61 Å². The number of benzene rings is 1. The van der Waals surface area contributed by atoms with E-state index < -0.39 is 11.6 Å². The van der Waals surface area contributed by atoms with Crippen LogP contribution in [0.4, 0.5) is 8.78 Å². The van der Waals surface area contributed by atoms with Gasteiger partial charge in [-0.1, -0.05) is 0 Å². The molecule has 0 aliphatic heterocycles. The van der Waals surface area contributed by atoms with Gasteiger partial charge in [-0.3, -0.25) is 4.79 Å². The van der Waals surface area contributed by atoms with Gasteiger partial charge >= 0.3 is 5.97 Å². The fraction of sp³-hybridized carbons (Fsp3) is 0.231. The van der Waals surface area contributed by atoms with Gasteiger partial charge in [0, 0.05) is 17.0 Å². The summed E-state index contributed by atoms with van der Waals surface area (Å²) in [5.41, 5.74) is 0.740. The number of nitrogens with zero attached hydrogens (tertiary/aromatic N) is 1. The van der Waals surface area contributed by atoms with Gasteiger partial charge in [-0.15, -0.1) is 11.3 Å². The molecule has 0 aliphatic rings. The summed E-state index contributed by atoms with van der Waals surface area (Å²) in [7, 11) is 0. The maximum Gasteiger partial charge on any atom is 0.311 e. The van der Waals surface area contributed by atoms with Crippen LogP contribution in [0.1, 0.15) is 12.6 Å². The lowest BCUT2D eigenvalue weighted by Crippen LogP contribution is -2.07. The number of carbonyl (C=O) groups is 1. The fourth-order valence-electron chi connectivity index (χ4n) is 1.53. The van der Waals surface area contributed by atoms with Crippen LogP contribution in [0.2, 0.25) is 0 Å². The second-order valence-electron chi connectivity index (χ2n) is 3.75. The van der Waals surface area contributed by atoms with Crippen LogP contribution >= 0.6 is 11.3 Å². The lowest BCUT2D eigenvalue weighted by atomic mass is 10.2. The van der Waals surface area contributed by atoms with Gasteiger partial charge in [0.25, 0.3) is 0 Å². The minimum absolute atomic E-state index is 0.0488. The Hall–Kier alpha value is -1.82. The zero-order chi connectivity index (χ0) is 13.8. The van der Waals surface area contributed by atoms with Gasteiger partial charge in [0.1, 0.15) is 16.6 Å². The number of hydrogen-bond donors (Lipinski definition) is 0. The van der Waals surface area contributed by atoms with Crippen LogP contribution in [-0.2, 0) is 16.0 Å². The molecule has 0 amide bonds. The molecule has 6 heteroatoms. The van der Waals surface area contributed by atoms with Crippen LogP contribution in [-0.4, -0.2) is 17.6 Å². The largest absolute Gasteiger partial charge is 0.466 e. The summed E-state index contributed by atoms with van der Waals surface area (Å²) >= 11 is 1.20. The van der Waals surface area contributed by atoms with E-state index in [1.165, 1.54) is 23.5 Å². The van der Waals surface area contributed by atoms with Crippen LogP contribution in [0.15, 0.2) is 23.6 Å². The normalized spacial score (nSPS) is 10.5. The highest BCUT2D eigenvalue weighted by Gasteiger charge is 2.12. The molecule has 2 rings (SSSR count). The fourth-order valence-corrected chi connectivity index (χ4v) is 2.38. The van der Waals surface area contributed by atoms with Crippen molar-refractivity contribution in [3.05, 3.63) is 40.9 Å². The van der Waals surface area contributed by atoms with Crippen molar-refractivity contribution in [2.45, 2.75) is 13.3 Å². The number of hydrogen-bond acceptors (Lipinski definition) is 4. The van der Waals surface area contributed by atoms with Crippen LogP contribution in [0.5, 0.6) is 0 Å². The molecular weight excluding hydrogens is 272 g/mol. The Balaban J connectivity index is 2.18. The highest BCUT2D eigenvalue weighted by Crippen LogP contribution is 2.27. The predicted molar refractivity (Wildman–Crippen MR) is 67.8 cm³/mol. The summed E-state index contributed by atoms with van der Waals surface area (Å²) < 4.78 is 31.2. The molecule has 3 nitrogen and oxygen atoms in total. The number of rotatable bonds is 4. The molecule has 0 unspecified atom stereocenters. The second kappa shape index (κ2) is 5.88. The predicted octanol–water partition coefficient (Wildman–Crippen LogP) is 3.19. The van der Waals surface area contributed by atoms with Crippen LogP contribution in [0, 0.1) is 11.6 Å². The van der Waals surface area contributed by atoms with E-state index >= 15 is 0 Å². The summed E-state index contributed by atoms with van der Waals surface area (Å²) in [5.74, 6) is -1.68. The second-order valence-corrected chi connectivity index (χ2v) is 4.61. The molecule has 0 radical (unpaired) electrons. The quantitative estimate of drug-likeness (QED) is 0.809. The Morgan fingerprint density at radius 1 is 1.42 bits per heavy atom. The van der Waals surface area contributed by atoms with Crippen molar-refractivity contribution in [1.29, 1.82) is 0 Å². The SMILES string of the molecule is CCOC(=O)Cc1csc(-c2ccc(F)cc2F)n1. The Labute approximate surface area is 112 Å². The summed E-state index contributed by atoms with van der Waals surface area (Å²) in [6.45, 7) is 2.03. The van der Waals surface area contributed by atoms with E-state index in [2.05, 4.69) is 4.98 Å². The first-order valence-electron chi connectivity index (χ1n) is 5.65. The Bertz CT molecular complexity index is 598. The first-order chi connectivity index (χ1) is 9.10. The van der Waals surface area contributed by atoms with Gasteiger partial charge in [0.05, 0.1) is 18.7 Å². The van der Waals surface area contributed by atoms with E-state index in [0.29, 0.717) is 17.3 Å². The molecule has 0 saturated heterocycles. The van der Waals surface area contributed by atoms with Gasteiger partial charge in [0.2, 0.25) is 0 Å². The van der Waals surface area contributed by atoms with Crippen LogP contribution in [0.3, 0.4) is 0 Å². The topological polar surface area (TPSA) is 39.2 Å². The molecular formula is C13H11F2NO2S. The summed E-state index contributed by atoms with van der Waals surface area (Å²) in [6.07, 6.45) is 0.0488. The molecule has 0 atom stereocenters. The van der Waals surface area contributed by atoms with E-state index in [4.69, 9.17) is 4.74 Å². The molecule has 2 aromatic rings. The molecule has 0 bridgehead atoms. The Morgan fingerprint density at radius 2 is 2.21 bits per heavy atom. The highest BCUT2D eigenvalue weighted by molar-refractivity contribution is 7.13. The van der Waals surface area contributed by atoms with Crippen LogP contribution < -0.4 is 0 Å². The number of carbonyl (C=O) groups excluding carboxylic acids is 1. The van der Waals surface area contributed by atoms with E-state index in [1.807, 2.05) is 0 Å². The summed E-state index contributed by atoms with van der Waals surface area (Å²) in [4.78, 5) is 15.4. The third-order valence-corrected chi connectivity index (χ3v) is 3.27. The number of aromatic nitrogens is 1. The number of esters is 1. The van der Waals surface area contributed by atoms with E-state index in [0.717, 1.165) is 6.07 Å². The highest BCUT2D eigenvalue weighted by atomic mass is 32.1. The first kappa shape index (κ1) is 13.6. The van der Waals surface area contributed by atoms with Crippen molar-refractivity contribution in [2.24, 2.45) is 0 Å². The smallest absolute Gasteiger partial charge is 0.311 e. The Morgan fingerprint density at radius 3 is 2.89 bits per heavy atom. The lowest BCUT2D eigenvalue weighted by Gasteiger charge is -1.99. The summed E-state index contributed by atoms with van der Waals surface area (Å²) in [6, 6.07) is 3.31. The molecule has 0 aliphatic carbocycles. The molecule has 0 saturated carbocycles. The van der Waals surface area contributed by atoms with Crippen LogP contribution in [0.25, 0.3) is 10.6 Å². The van der Waals surface area contributed by atoms with Gasteiger partial charge in [-0.25, -0.2) is 13.8 Å². The molecule has 1 aromatic carbocycles. The van der Waals surface area contributed by atoms with Crippen molar-refractivity contribution < 1.29 is 18.3 Å². The lowest BCUT2D eigenvalue weighted by molar-refractivity contribution is -0.142. The zero-order valence-electron chi connectivity index (χ0n) is 10.2. The number of ether oxygens (including phenoxy) is 1. The molecule has 1 aromatic heterocycles. The number of halogens is 2. The van der Waals surface area contributed by atoms with Gasteiger partial charge < -0.3 is 4.74 Å². The Kier molecular flexibility index (Phi) is 4.21. The van der Waals surface area contributed by atoms with Gasteiger partial charge in [0.15, 0.2) is 0 Å². The minimum atomic E-state index is -0.669. The maximum absolute atomic E-state index is 13.6. The van der Waals surface area contributed by atoms with Gasteiger partial charge in [-0.05, 0) is 19.1 Å². The zero-order valence-corrected chi connectivity index (χ0v) is 11.0. The molecule has 1 heterocycles. The van der Waals surface area contributed by atoms with Gasteiger partial charge in [-0.2, -0.15) is 0 Å². The first-order valence-corrected chi connectivity index (χ1v) is 6.53. The van der Waals surface area contributed by atoms with Crippen molar-refractivity contribution >= 4 is 17.3 Å². The average molecular weight is 283 g/mol. The third kappa shape index (κ3) is 3.35. The molecule has 0 spiro atoms. The summed E-state index contributed by atoms with van der Waals surface area (Å²) in [5, 5.41) is 2.08. The van der Waals surface area contributed by atoms with Crippen molar-refractivity contribution in [3.63, 3.8) is 0 Å². The van der Waals surface area contributed by atoms with Crippen molar-refractivity contribution in [3.8, 4) is 10.6 Å². The van der Waals surface area contributed by atoms with Crippen molar-refractivity contribution in [1.82, 2.24) is 4.98 Å².